The Morgan fingerprint density at radius 1 is 1.07 bits per heavy atom. The van der Waals surface area contributed by atoms with E-state index < -0.39 is 6.04 Å². The van der Waals surface area contributed by atoms with Gasteiger partial charge in [0, 0.05) is 6.54 Å². The number of ether oxygens (including phenoxy) is 3. The van der Waals surface area contributed by atoms with Crippen LogP contribution in [0.4, 0.5) is 0 Å². The average molecular weight is 411 g/mol. The lowest BCUT2D eigenvalue weighted by atomic mass is 10.1. The molecule has 0 fully saturated rings. The first-order valence-corrected chi connectivity index (χ1v) is 9.37. The fourth-order valence-electron chi connectivity index (χ4n) is 3.03. The number of carbonyl (C=O) groups excluding carboxylic acids is 1. The summed E-state index contributed by atoms with van der Waals surface area (Å²) < 4.78 is 21.4. The normalized spacial score (nSPS) is 11.6. The fourth-order valence-corrected chi connectivity index (χ4v) is 3.03. The Kier molecular flexibility index (Phi) is 6.92. The van der Waals surface area contributed by atoms with Gasteiger partial charge in [0.1, 0.15) is 6.26 Å². The van der Waals surface area contributed by atoms with Gasteiger partial charge in [0.15, 0.2) is 17.2 Å². The smallest absolute Gasteiger partial charge is 0.273 e. The standard InChI is InChI=1S/C22H25N3O5/c1-27-18-10-15(11-19(28-2)20(18)29-3)12-24-21(26)17-13-30-22(25-17)16(23)9-14-7-5-4-6-8-14/h4-8,10-11,13,16H,9,12,23H2,1-3H3,(H,24,26). The number of hydrogen-bond acceptors (Lipinski definition) is 7. The number of rotatable bonds is 9. The molecule has 1 heterocycles. The molecule has 0 radical (unpaired) electrons. The number of nitrogens with zero attached hydrogens (tertiary/aromatic N) is 1. The molecule has 0 saturated carbocycles. The highest BCUT2D eigenvalue weighted by atomic mass is 16.5. The average Bonchev–Trinajstić information content (AvgIpc) is 3.28. The summed E-state index contributed by atoms with van der Waals surface area (Å²) in [4.78, 5) is 16.7. The molecular weight excluding hydrogens is 386 g/mol. The zero-order valence-corrected chi connectivity index (χ0v) is 17.2. The second-order valence-corrected chi connectivity index (χ2v) is 6.58. The van der Waals surface area contributed by atoms with Gasteiger partial charge in [-0.3, -0.25) is 4.79 Å². The SMILES string of the molecule is COc1cc(CNC(=O)c2coc(C(N)Cc3ccccc3)n2)cc(OC)c1OC. The van der Waals surface area contributed by atoms with E-state index in [9.17, 15) is 4.79 Å². The van der Waals surface area contributed by atoms with Crippen LogP contribution >= 0.6 is 0 Å². The Labute approximate surface area is 175 Å². The zero-order chi connectivity index (χ0) is 21.5. The van der Waals surface area contributed by atoms with Crippen LogP contribution in [0.5, 0.6) is 17.2 Å². The van der Waals surface area contributed by atoms with Crippen molar-refractivity contribution in [3.63, 3.8) is 0 Å². The number of aromatic nitrogens is 1. The maximum Gasteiger partial charge on any atom is 0.273 e. The van der Waals surface area contributed by atoms with E-state index in [2.05, 4.69) is 10.3 Å². The number of methoxy groups -OCH3 is 3. The summed E-state index contributed by atoms with van der Waals surface area (Å²) in [5.41, 5.74) is 8.18. The van der Waals surface area contributed by atoms with E-state index in [0.29, 0.717) is 29.6 Å². The van der Waals surface area contributed by atoms with Crippen LogP contribution in [0.1, 0.15) is 33.5 Å². The zero-order valence-electron chi connectivity index (χ0n) is 17.2. The van der Waals surface area contributed by atoms with Crippen LogP contribution in [0.15, 0.2) is 53.1 Å². The first-order valence-electron chi connectivity index (χ1n) is 9.37. The van der Waals surface area contributed by atoms with Crippen molar-refractivity contribution in [3.05, 3.63) is 71.4 Å². The molecule has 158 valence electrons. The Hall–Kier alpha value is -3.52. The largest absolute Gasteiger partial charge is 0.493 e. The minimum atomic E-state index is -0.441. The van der Waals surface area contributed by atoms with Gasteiger partial charge in [0.25, 0.3) is 5.91 Å². The maximum absolute atomic E-state index is 12.5. The first-order chi connectivity index (χ1) is 14.5. The minimum Gasteiger partial charge on any atom is -0.493 e. The number of nitrogens with two attached hydrogens (primary N) is 1. The second-order valence-electron chi connectivity index (χ2n) is 6.58. The van der Waals surface area contributed by atoms with Crippen molar-refractivity contribution >= 4 is 5.91 Å². The fraction of sp³-hybridized carbons (Fsp3) is 0.273. The lowest BCUT2D eigenvalue weighted by Gasteiger charge is -2.14. The van der Waals surface area contributed by atoms with E-state index in [1.54, 1.807) is 12.1 Å². The minimum absolute atomic E-state index is 0.168. The molecule has 1 amide bonds. The summed E-state index contributed by atoms with van der Waals surface area (Å²) >= 11 is 0. The lowest BCUT2D eigenvalue weighted by Crippen LogP contribution is -2.23. The van der Waals surface area contributed by atoms with Gasteiger partial charge in [-0.2, -0.15) is 0 Å². The Bertz CT molecular complexity index is 962. The maximum atomic E-state index is 12.5. The van der Waals surface area contributed by atoms with Gasteiger partial charge in [-0.25, -0.2) is 4.98 Å². The summed E-state index contributed by atoms with van der Waals surface area (Å²) in [6.45, 7) is 0.244. The van der Waals surface area contributed by atoms with E-state index in [4.69, 9.17) is 24.4 Å². The Morgan fingerprint density at radius 3 is 2.33 bits per heavy atom. The molecule has 0 aliphatic heterocycles. The number of amides is 1. The molecule has 1 atom stereocenters. The summed E-state index contributed by atoms with van der Waals surface area (Å²) in [6.07, 6.45) is 1.87. The van der Waals surface area contributed by atoms with Crippen LogP contribution in [-0.4, -0.2) is 32.2 Å². The van der Waals surface area contributed by atoms with E-state index in [0.717, 1.165) is 11.1 Å². The molecule has 8 heteroatoms. The van der Waals surface area contributed by atoms with E-state index in [1.165, 1.54) is 27.6 Å². The van der Waals surface area contributed by atoms with E-state index in [1.807, 2.05) is 30.3 Å². The number of nitrogens with one attached hydrogen (secondary N) is 1. The topological polar surface area (TPSA) is 109 Å². The molecular formula is C22H25N3O5. The van der Waals surface area contributed by atoms with Crippen LogP contribution in [0, 0.1) is 0 Å². The molecule has 1 unspecified atom stereocenters. The third-order valence-electron chi connectivity index (χ3n) is 4.55. The lowest BCUT2D eigenvalue weighted by molar-refractivity contribution is 0.0945. The van der Waals surface area contributed by atoms with Crippen LogP contribution in [0.3, 0.4) is 0 Å². The number of hydrogen-bond donors (Lipinski definition) is 2. The molecule has 0 aliphatic carbocycles. The molecule has 2 aromatic carbocycles. The van der Waals surface area contributed by atoms with Gasteiger partial charge >= 0.3 is 0 Å². The predicted molar refractivity (Wildman–Crippen MR) is 111 cm³/mol. The van der Waals surface area contributed by atoms with Crippen LogP contribution in [0.2, 0.25) is 0 Å². The third-order valence-corrected chi connectivity index (χ3v) is 4.55. The van der Waals surface area contributed by atoms with Crippen molar-refractivity contribution in [3.8, 4) is 17.2 Å². The molecule has 0 bridgehead atoms. The number of oxazole rings is 1. The van der Waals surface area contributed by atoms with Gasteiger partial charge < -0.3 is 29.7 Å². The number of benzene rings is 2. The molecule has 3 aromatic rings. The molecule has 0 spiro atoms. The molecule has 0 aliphatic rings. The monoisotopic (exact) mass is 411 g/mol. The quantitative estimate of drug-likeness (QED) is 0.557. The summed E-state index contributed by atoms with van der Waals surface area (Å²) in [7, 11) is 4.61. The molecule has 1 aromatic heterocycles. The van der Waals surface area contributed by atoms with Crippen molar-refractivity contribution in [2.24, 2.45) is 5.73 Å². The van der Waals surface area contributed by atoms with Crippen molar-refractivity contribution < 1.29 is 23.4 Å². The van der Waals surface area contributed by atoms with Crippen molar-refractivity contribution in [1.82, 2.24) is 10.3 Å². The molecule has 8 nitrogen and oxygen atoms in total. The van der Waals surface area contributed by atoms with Crippen LogP contribution in [-0.2, 0) is 13.0 Å². The Balaban J connectivity index is 1.64. The first kappa shape index (κ1) is 21.2. The van der Waals surface area contributed by atoms with Gasteiger partial charge in [-0.1, -0.05) is 30.3 Å². The second kappa shape index (κ2) is 9.80. The van der Waals surface area contributed by atoms with Gasteiger partial charge in [-0.05, 0) is 29.7 Å². The molecule has 3 rings (SSSR count). The third kappa shape index (κ3) is 4.90. The van der Waals surface area contributed by atoms with Crippen molar-refractivity contribution in [2.45, 2.75) is 19.0 Å². The van der Waals surface area contributed by atoms with E-state index >= 15 is 0 Å². The summed E-state index contributed by atoms with van der Waals surface area (Å²) in [5, 5.41) is 2.80. The van der Waals surface area contributed by atoms with E-state index in [-0.39, 0.29) is 18.1 Å². The highest BCUT2D eigenvalue weighted by molar-refractivity contribution is 5.91. The number of carbonyl (C=O) groups is 1. The Morgan fingerprint density at radius 2 is 1.73 bits per heavy atom. The summed E-state index contributed by atoms with van der Waals surface area (Å²) in [6, 6.07) is 12.9. The van der Waals surface area contributed by atoms with Gasteiger partial charge in [0.05, 0.1) is 27.4 Å². The molecule has 3 N–H and O–H groups in total. The van der Waals surface area contributed by atoms with Crippen molar-refractivity contribution in [2.75, 3.05) is 21.3 Å². The molecule has 30 heavy (non-hydrogen) atoms. The van der Waals surface area contributed by atoms with Gasteiger partial charge in [-0.15, -0.1) is 0 Å². The summed E-state index contributed by atoms with van der Waals surface area (Å²) in [5.74, 6) is 1.46. The van der Waals surface area contributed by atoms with Gasteiger partial charge in [0.2, 0.25) is 11.6 Å². The highest BCUT2D eigenvalue weighted by Crippen LogP contribution is 2.38. The van der Waals surface area contributed by atoms with Crippen LogP contribution in [0.25, 0.3) is 0 Å². The van der Waals surface area contributed by atoms with Crippen LogP contribution < -0.4 is 25.3 Å². The highest BCUT2D eigenvalue weighted by Gasteiger charge is 2.18. The predicted octanol–water partition coefficient (Wildman–Crippen LogP) is 2.87. The van der Waals surface area contributed by atoms with Crippen molar-refractivity contribution in [1.29, 1.82) is 0 Å². The molecule has 0 saturated heterocycles.